The Bertz CT molecular complexity index is 364. The summed E-state index contributed by atoms with van der Waals surface area (Å²) in [7, 11) is 0. The molecule has 7 heteroatoms. The van der Waals surface area contributed by atoms with Crippen LogP contribution in [0.25, 0.3) is 0 Å². The maximum absolute atomic E-state index is 7.50. The first-order valence-electron chi connectivity index (χ1n) is 6.77. The number of allylic oxidation sites excluding steroid dienone is 3. The molecule has 1 atom stereocenters. The summed E-state index contributed by atoms with van der Waals surface area (Å²) < 4.78 is 34.2. The van der Waals surface area contributed by atoms with Crippen molar-refractivity contribution in [2.45, 2.75) is 38.0 Å². The number of hydrogen-bond donors (Lipinski definition) is 1. The van der Waals surface area contributed by atoms with E-state index >= 15 is 0 Å². The zero-order valence-electron chi connectivity index (χ0n) is 13.0. The number of nitrogens with one attached hydrogen (secondary N) is 1. The predicted molar refractivity (Wildman–Crippen MR) is 76.0 cm³/mol. The Hall–Kier alpha value is -0.901. The molecule has 0 aromatic heterocycles. The molecule has 0 radical (unpaired) electrons. The van der Waals surface area contributed by atoms with Gasteiger partial charge in [0.05, 0.1) is 13.2 Å². The molecule has 2 rings (SSSR count). The van der Waals surface area contributed by atoms with Crippen molar-refractivity contribution in [1.29, 1.82) is 0 Å². The molecule has 128 valence electrons. The van der Waals surface area contributed by atoms with Crippen LogP contribution in [0.2, 0.25) is 0 Å². The summed E-state index contributed by atoms with van der Waals surface area (Å²) >= 11 is 0. The third-order valence-corrected chi connectivity index (χ3v) is 3.11. The summed E-state index contributed by atoms with van der Waals surface area (Å²) in [6, 6.07) is 0.364. The van der Waals surface area contributed by atoms with Gasteiger partial charge in [0.1, 0.15) is 0 Å². The first-order chi connectivity index (χ1) is 10.8. The fourth-order valence-corrected chi connectivity index (χ4v) is 2.28. The van der Waals surface area contributed by atoms with Gasteiger partial charge in [-0.3, -0.25) is 0 Å². The second-order valence-electron chi connectivity index (χ2n) is 4.39. The van der Waals surface area contributed by atoms with Crippen LogP contribution in [-0.2, 0) is 40.5 Å². The van der Waals surface area contributed by atoms with E-state index < -0.39 is 0 Å². The predicted octanol–water partition coefficient (Wildman–Crippen LogP) is 1.89. The van der Waals surface area contributed by atoms with Crippen molar-refractivity contribution in [2.24, 2.45) is 0 Å². The molecular weight excluding hydrogens is 342 g/mol. The molecule has 0 bridgehead atoms. The molecule has 0 unspecified atom stereocenters. The molecule has 0 amide bonds. The summed E-state index contributed by atoms with van der Waals surface area (Å²) in [6.45, 7) is 18.2. The van der Waals surface area contributed by atoms with Crippen molar-refractivity contribution in [3.8, 4) is 0 Å². The van der Waals surface area contributed by atoms with E-state index in [0.29, 0.717) is 6.04 Å². The zero-order valence-corrected chi connectivity index (χ0v) is 14.1. The van der Waals surface area contributed by atoms with Crippen molar-refractivity contribution in [2.75, 3.05) is 19.8 Å². The molecule has 0 saturated carbocycles. The van der Waals surface area contributed by atoms with Crippen molar-refractivity contribution < 1.29 is 40.5 Å². The Morgan fingerprint density at radius 1 is 1.04 bits per heavy atom. The minimum Gasteiger partial charge on any atom is 0 e. The monoisotopic (exact) mass is 363 g/mol. The van der Waals surface area contributed by atoms with Gasteiger partial charge in [0.15, 0.2) is 5.79 Å². The summed E-state index contributed by atoms with van der Waals surface area (Å²) in [6.07, 6.45) is 11.2. The largest absolute Gasteiger partial charge is 0 e. The molecule has 2 fully saturated rings. The van der Waals surface area contributed by atoms with Crippen LogP contribution < -0.4 is 5.32 Å². The van der Waals surface area contributed by atoms with Crippen molar-refractivity contribution in [1.82, 2.24) is 5.32 Å². The van der Waals surface area contributed by atoms with Crippen LogP contribution in [0.5, 0.6) is 0 Å². The second kappa shape index (κ2) is 19.1. The average Bonchev–Trinajstić information content (AvgIpc) is 2.61. The van der Waals surface area contributed by atoms with Gasteiger partial charge >= 0.3 is 33.9 Å². The van der Waals surface area contributed by atoms with E-state index in [1.165, 1.54) is 0 Å². The minimum absolute atomic E-state index is 0. The third-order valence-electron chi connectivity index (χ3n) is 3.11. The first-order valence-corrected chi connectivity index (χ1v) is 6.77. The molecule has 2 aliphatic heterocycles. The molecule has 0 aromatic rings. The zero-order chi connectivity index (χ0) is 17.3. The van der Waals surface area contributed by atoms with Gasteiger partial charge in [0, 0.05) is 42.5 Å². The van der Waals surface area contributed by atoms with Gasteiger partial charge in [-0.05, 0) is 13.3 Å². The Labute approximate surface area is 148 Å². The van der Waals surface area contributed by atoms with Gasteiger partial charge in [-0.2, -0.15) is 0 Å². The number of rotatable bonds is 2. The topological polar surface area (TPSA) is 90.2 Å². The van der Waals surface area contributed by atoms with Crippen molar-refractivity contribution in [3.05, 3.63) is 44.3 Å². The van der Waals surface area contributed by atoms with Crippen molar-refractivity contribution >= 4 is 0 Å². The van der Waals surface area contributed by atoms with E-state index in [-0.39, 0.29) is 22.9 Å². The van der Waals surface area contributed by atoms with Crippen LogP contribution in [0.4, 0.5) is 0 Å². The van der Waals surface area contributed by atoms with Crippen LogP contribution in [0.15, 0.2) is 24.3 Å². The molecule has 1 spiro atoms. The normalized spacial score (nSPS) is 21.4. The van der Waals surface area contributed by atoms with Crippen molar-refractivity contribution in [3.63, 3.8) is 0 Å². The van der Waals surface area contributed by atoms with E-state index in [2.05, 4.69) is 37.4 Å². The quantitative estimate of drug-likeness (QED) is 0.352. The van der Waals surface area contributed by atoms with Crippen LogP contribution >= 0.6 is 0 Å². The SMILES string of the molecule is C/C=C/C=C/[C@@H]1CC2(CCN1)OCCCO2.[C-]#[O+].[C-]#[O+].[C-]#[O+].[Fe]. The Morgan fingerprint density at radius 3 is 2.13 bits per heavy atom. The van der Waals surface area contributed by atoms with Crippen LogP contribution in [0, 0.1) is 20.0 Å². The Balaban J connectivity index is -0.000000514. The number of ether oxygens (including phenoxy) is 2. The number of hydrogen-bond acceptors (Lipinski definition) is 3. The number of piperidine rings is 1. The van der Waals surface area contributed by atoms with E-state index in [4.69, 9.17) is 23.4 Å². The van der Waals surface area contributed by atoms with E-state index in [1.54, 1.807) is 0 Å². The molecular formula is C16H21FeNO5. The molecule has 0 aliphatic carbocycles. The maximum atomic E-state index is 7.50. The molecule has 1 N–H and O–H groups in total. The van der Waals surface area contributed by atoms with Crippen LogP contribution in [0.3, 0.4) is 0 Å². The summed E-state index contributed by atoms with van der Waals surface area (Å²) in [5.41, 5.74) is 0. The standard InChI is InChI=1S/C13H21NO2.3CO.Fe/c1-2-3-4-6-12-11-13(7-8-14-12)15-9-5-10-16-13;3*1-2;/h2-4,6,12,14H,5,7-11H2,1H3;;;;/b3-2+,6-4+;;;;/t12-;;;;/m1..../s1. The van der Waals surface area contributed by atoms with Gasteiger partial charge in [0.25, 0.3) is 0 Å². The minimum atomic E-state index is -0.311. The Kier molecular flexibility index (Phi) is 22.5. The summed E-state index contributed by atoms with van der Waals surface area (Å²) in [5, 5.41) is 3.47. The summed E-state index contributed by atoms with van der Waals surface area (Å²) in [5.74, 6) is -0.311. The maximum Gasteiger partial charge on any atom is 0 e. The van der Waals surface area contributed by atoms with Gasteiger partial charge in [-0.1, -0.05) is 24.3 Å². The third kappa shape index (κ3) is 11.3. The fourth-order valence-electron chi connectivity index (χ4n) is 2.28. The van der Waals surface area contributed by atoms with E-state index in [1.807, 2.05) is 19.1 Å². The molecule has 2 saturated heterocycles. The van der Waals surface area contributed by atoms with E-state index in [0.717, 1.165) is 39.0 Å². The fraction of sp³-hybridized carbons (Fsp3) is 0.562. The first kappa shape index (κ1) is 27.0. The smallest absolute Gasteiger partial charge is 0 e. The summed E-state index contributed by atoms with van der Waals surface area (Å²) in [4.78, 5) is 0. The Morgan fingerprint density at radius 2 is 1.61 bits per heavy atom. The molecule has 2 aliphatic rings. The molecule has 0 aromatic carbocycles. The van der Waals surface area contributed by atoms with Crippen LogP contribution in [-0.4, -0.2) is 31.6 Å². The second-order valence-corrected chi connectivity index (χ2v) is 4.39. The molecule has 23 heavy (non-hydrogen) atoms. The van der Waals surface area contributed by atoms with E-state index in [9.17, 15) is 0 Å². The van der Waals surface area contributed by atoms with Gasteiger partial charge in [0.2, 0.25) is 0 Å². The molecule has 6 nitrogen and oxygen atoms in total. The average molecular weight is 363 g/mol. The van der Waals surface area contributed by atoms with Gasteiger partial charge in [-0.25, -0.2) is 0 Å². The van der Waals surface area contributed by atoms with Crippen LogP contribution in [0.1, 0.15) is 26.2 Å². The van der Waals surface area contributed by atoms with Gasteiger partial charge in [-0.15, -0.1) is 0 Å². The van der Waals surface area contributed by atoms with Gasteiger partial charge < -0.3 is 14.8 Å². The molecule has 2 heterocycles.